The van der Waals surface area contributed by atoms with Crippen LogP contribution in [-0.2, 0) is 14.8 Å². The van der Waals surface area contributed by atoms with Gasteiger partial charge in [0.25, 0.3) is 0 Å². The van der Waals surface area contributed by atoms with Crippen molar-refractivity contribution in [1.29, 1.82) is 0 Å². The molecule has 36 heavy (non-hydrogen) atoms. The summed E-state index contributed by atoms with van der Waals surface area (Å²) in [6.07, 6.45) is 0.00699. The molecule has 0 saturated carbocycles. The van der Waals surface area contributed by atoms with Gasteiger partial charge in [0.05, 0.1) is 25.2 Å². The third kappa shape index (κ3) is 6.16. The second-order valence-corrected chi connectivity index (χ2v) is 10.2. The van der Waals surface area contributed by atoms with Gasteiger partial charge in [-0.15, -0.1) is 0 Å². The largest absolute Gasteiger partial charge is 0.497 e. The first-order chi connectivity index (χ1) is 17.4. The Morgan fingerprint density at radius 3 is 1.94 bits per heavy atom. The molecular weight excluding hydrogens is 478 g/mol. The van der Waals surface area contributed by atoms with E-state index in [-0.39, 0.29) is 17.2 Å². The van der Waals surface area contributed by atoms with Crippen molar-refractivity contribution in [1.82, 2.24) is 9.62 Å². The molecule has 1 aliphatic rings. The quantitative estimate of drug-likeness (QED) is 0.475. The molecule has 0 spiro atoms. The molecule has 0 bridgehead atoms. The van der Waals surface area contributed by atoms with Crippen molar-refractivity contribution in [3.05, 3.63) is 84.4 Å². The van der Waals surface area contributed by atoms with Crippen LogP contribution in [0.15, 0.2) is 83.8 Å². The minimum Gasteiger partial charge on any atom is -0.497 e. The maximum Gasteiger partial charge on any atom is 0.241 e. The number of para-hydroxylation sites is 1. The van der Waals surface area contributed by atoms with Crippen molar-refractivity contribution in [2.45, 2.75) is 17.4 Å². The molecule has 190 valence electrons. The molecular formula is C27H31N3O5S. The number of carbonyl (C=O) groups excluding carboxylic acids is 1. The predicted octanol–water partition coefficient (Wildman–Crippen LogP) is 3.46. The van der Waals surface area contributed by atoms with Gasteiger partial charge >= 0.3 is 0 Å². The highest BCUT2D eigenvalue weighted by molar-refractivity contribution is 7.89. The van der Waals surface area contributed by atoms with Crippen LogP contribution < -0.4 is 19.1 Å². The smallest absolute Gasteiger partial charge is 0.241 e. The number of amides is 1. The maximum absolute atomic E-state index is 13.3. The molecule has 1 fully saturated rings. The van der Waals surface area contributed by atoms with E-state index in [1.54, 1.807) is 48.4 Å². The lowest BCUT2D eigenvalue weighted by atomic mass is 10.0. The van der Waals surface area contributed by atoms with Gasteiger partial charge < -0.3 is 19.3 Å². The number of piperazine rings is 1. The van der Waals surface area contributed by atoms with E-state index in [0.29, 0.717) is 30.2 Å². The normalized spacial score (nSPS) is 14.8. The summed E-state index contributed by atoms with van der Waals surface area (Å²) in [5.41, 5.74) is 1.82. The van der Waals surface area contributed by atoms with E-state index in [1.807, 2.05) is 18.2 Å². The Hall–Kier alpha value is -3.56. The zero-order valence-corrected chi connectivity index (χ0v) is 21.3. The number of nitrogens with zero attached hydrogens (tertiary/aromatic N) is 2. The fraction of sp³-hybridized carbons (Fsp3) is 0.296. The summed E-state index contributed by atoms with van der Waals surface area (Å²) >= 11 is 0. The third-order valence-corrected chi connectivity index (χ3v) is 7.81. The maximum atomic E-state index is 13.3. The molecule has 1 amide bonds. The number of benzene rings is 3. The fourth-order valence-corrected chi connectivity index (χ4v) is 5.46. The lowest BCUT2D eigenvalue weighted by molar-refractivity contribution is -0.132. The van der Waals surface area contributed by atoms with Crippen molar-refractivity contribution >= 4 is 21.6 Å². The summed E-state index contributed by atoms with van der Waals surface area (Å²) in [5.74, 6) is 1.12. The highest BCUT2D eigenvalue weighted by Gasteiger charge is 2.28. The van der Waals surface area contributed by atoms with Crippen molar-refractivity contribution in [2.24, 2.45) is 0 Å². The Labute approximate surface area is 212 Å². The average molecular weight is 510 g/mol. The first kappa shape index (κ1) is 25.5. The fourth-order valence-electron chi connectivity index (χ4n) is 4.23. The molecule has 1 aliphatic heterocycles. The standard InChI is InChI=1S/C27H31N3O5S/c1-34-23-10-8-21(9-11-23)26(28-36(32,33)25-14-12-24(35-2)13-15-25)20-27(31)30-18-16-29(17-19-30)22-6-4-3-5-7-22/h3-15,26,28H,16-20H2,1-2H3. The Morgan fingerprint density at radius 2 is 1.39 bits per heavy atom. The lowest BCUT2D eigenvalue weighted by Gasteiger charge is -2.36. The zero-order chi connectivity index (χ0) is 25.5. The molecule has 1 unspecified atom stereocenters. The summed E-state index contributed by atoms with van der Waals surface area (Å²) in [7, 11) is -0.798. The van der Waals surface area contributed by atoms with E-state index in [1.165, 1.54) is 19.2 Å². The zero-order valence-electron chi connectivity index (χ0n) is 20.5. The summed E-state index contributed by atoms with van der Waals surface area (Å²) in [5, 5.41) is 0. The van der Waals surface area contributed by atoms with Gasteiger partial charge in [-0.3, -0.25) is 4.79 Å². The molecule has 0 radical (unpaired) electrons. The second-order valence-electron chi connectivity index (χ2n) is 8.53. The van der Waals surface area contributed by atoms with Gasteiger partial charge in [-0.1, -0.05) is 30.3 Å². The molecule has 1 atom stereocenters. The number of ether oxygens (including phenoxy) is 2. The van der Waals surface area contributed by atoms with Crippen molar-refractivity contribution in [3.8, 4) is 11.5 Å². The average Bonchev–Trinajstić information content (AvgIpc) is 2.93. The topological polar surface area (TPSA) is 88.2 Å². The van der Waals surface area contributed by atoms with Crippen LogP contribution in [0.2, 0.25) is 0 Å². The number of rotatable bonds is 9. The van der Waals surface area contributed by atoms with E-state index in [9.17, 15) is 13.2 Å². The molecule has 0 aromatic heterocycles. The van der Waals surface area contributed by atoms with E-state index in [0.717, 1.165) is 18.8 Å². The highest BCUT2D eigenvalue weighted by Crippen LogP contribution is 2.25. The van der Waals surface area contributed by atoms with Crippen molar-refractivity contribution in [2.75, 3.05) is 45.3 Å². The van der Waals surface area contributed by atoms with Crippen LogP contribution in [0.1, 0.15) is 18.0 Å². The number of methoxy groups -OCH3 is 2. The van der Waals surface area contributed by atoms with E-state index >= 15 is 0 Å². The Morgan fingerprint density at radius 1 is 0.833 bits per heavy atom. The summed E-state index contributed by atoms with van der Waals surface area (Å²) in [4.78, 5) is 17.4. The molecule has 3 aromatic rings. The molecule has 9 heteroatoms. The minimum absolute atomic E-state index is 0.00699. The number of nitrogens with one attached hydrogen (secondary N) is 1. The van der Waals surface area contributed by atoms with E-state index in [2.05, 4.69) is 21.8 Å². The van der Waals surface area contributed by atoms with Crippen LogP contribution in [0.25, 0.3) is 0 Å². The summed E-state index contributed by atoms with van der Waals surface area (Å²) < 4.78 is 39.5. The van der Waals surface area contributed by atoms with Crippen LogP contribution in [0.3, 0.4) is 0 Å². The van der Waals surface area contributed by atoms with Gasteiger partial charge in [0.2, 0.25) is 15.9 Å². The van der Waals surface area contributed by atoms with Crippen LogP contribution in [0.4, 0.5) is 5.69 Å². The van der Waals surface area contributed by atoms with Crippen LogP contribution in [-0.4, -0.2) is 59.6 Å². The Kier molecular flexibility index (Phi) is 8.12. The lowest BCUT2D eigenvalue weighted by Crippen LogP contribution is -2.49. The Balaban J connectivity index is 1.49. The van der Waals surface area contributed by atoms with Gasteiger partial charge in [-0.05, 0) is 54.1 Å². The molecule has 4 rings (SSSR count). The van der Waals surface area contributed by atoms with Gasteiger partial charge in [0.1, 0.15) is 11.5 Å². The molecule has 8 nitrogen and oxygen atoms in total. The summed E-state index contributed by atoms with van der Waals surface area (Å²) in [6, 6.07) is 22.6. The van der Waals surface area contributed by atoms with Crippen LogP contribution >= 0.6 is 0 Å². The van der Waals surface area contributed by atoms with Crippen LogP contribution in [0.5, 0.6) is 11.5 Å². The summed E-state index contributed by atoms with van der Waals surface area (Å²) in [6.45, 7) is 2.60. The molecule has 0 aliphatic carbocycles. The number of hydrogen-bond acceptors (Lipinski definition) is 6. The SMILES string of the molecule is COc1ccc(C(CC(=O)N2CCN(c3ccccc3)CC2)NS(=O)(=O)c2ccc(OC)cc2)cc1. The van der Waals surface area contributed by atoms with Crippen LogP contribution in [0, 0.1) is 0 Å². The third-order valence-electron chi connectivity index (χ3n) is 6.32. The Bertz CT molecular complexity index is 1240. The van der Waals surface area contributed by atoms with Gasteiger partial charge in [0.15, 0.2) is 0 Å². The number of hydrogen-bond donors (Lipinski definition) is 1. The molecule has 1 N–H and O–H groups in total. The minimum atomic E-state index is -3.89. The predicted molar refractivity (Wildman–Crippen MR) is 139 cm³/mol. The van der Waals surface area contributed by atoms with Gasteiger partial charge in [-0.2, -0.15) is 0 Å². The van der Waals surface area contributed by atoms with Crippen molar-refractivity contribution < 1.29 is 22.7 Å². The van der Waals surface area contributed by atoms with Gasteiger partial charge in [-0.25, -0.2) is 13.1 Å². The van der Waals surface area contributed by atoms with Crippen molar-refractivity contribution in [3.63, 3.8) is 0 Å². The van der Waals surface area contributed by atoms with Gasteiger partial charge in [0, 0.05) is 38.3 Å². The molecule has 3 aromatic carbocycles. The molecule has 1 saturated heterocycles. The number of carbonyl (C=O) groups is 1. The second kappa shape index (κ2) is 11.5. The monoisotopic (exact) mass is 509 g/mol. The first-order valence-electron chi connectivity index (χ1n) is 11.8. The molecule has 1 heterocycles. The number of anilines is 1. The first-order valence-corrected chi connectivity index (χ1v) is 13.3. The van der Waals surface area contributed by atoms with E-state index < -0.39 is 16.1 Å². The van der Waals surface area contributed by atoms with E-state index in [4.69, 9.17) is 9.47 Å². The highest BCUT2D eigenvalue weighted by atomic mass is 32.2. The number of sulfonamides is 1.